The minimum atomic E-state index is -0.0157. The maximum Gasteiger partial charge on any atom is 0.221 e. The number of hydrogen-bond donors (Lipinski definition) is 1. The predicted molar refractivity (Wildman–Crippen MR) is 67.5 cm³/mol. The van der Waals surface area contributed by atoms with Gasteiger partial charge in [-0.2, -0.15) is 0 Å². The van der Waals surface area contributed by atoms with Gasteiger partial charge in [0.15, 0.2) is 0 Å². The molecule has 1 N–H and O–H groups in total. The number of anilines is 1. The van der Waals surface area contributed by atoms with Crippen molar-refractivity contribution in [2.24, 2.45) is 0 Å². The van der Waals surface area contributed by atoms with E-state index in [2.05, 4.69) is 15.3 Å². The number of aromatic nitrogens is 2. The lowest BCUT2D eigenvalue weighted by molar-refractivity contribution is 0.0629. The Kier molecular flexibility index (Phi) is 5.69. The largest absolute Gasteiger partial charge is 0.472 e. The molecule has 0 saturated heterocycles. The van der Waals surface area contributed by atoms with Gasteiger partial charge in [0, 0.05) is 13.2 Å². The second-order valence-electron chi connectivity index (χ2n) is 3.77. The molecule has 17 heavy (non-hydrogen) atoms. The first kappa shape index (κ1) is 13.7. The molecule has 1 aromatic rings. The molecule has 0 saturated carbocycles. The van der Waals surface area contributed by atoms with Crippen LogP contribution in [-0.4, -0.2) is 35.8 Å². The van der Waals surface area contributed by atoms with Gasteiger partial charge in [-0.25, -0.2) is 9.97 Å². The van der Waals surface area contributed by atoms with Crippen LogP contribution >= 0.6 is 0 Å². The van der Waals surface area contributed by atoms with Gasteiger partial charge in [0.05, 0.1) is 12.2 Å². The SMILES string of the molecule is CCNc1ncnc(OC(C)COCC)c1C. The summed E-state index contributed by atoms with van der Waals surface area (Å²) < 4.78 is 11.0. The van der Waals surface area contributed by atoms with Crippen LogP contribution in [0.3, 0.4) is 0 Å². The molecule has 0 spiro atoms. The Morgan fingerprint density at radius 3 is 2.76 bits per heavy atom. The summed E-state index contributed by atoms with van der Waals surface area (Å²) in [6.07, 6.45) is 1.49. The fourth-order valence-corrected chi connectivity index (χ4v) is 1.41. The molecule has 0 amide bonds. The summed E-state index contributed by atoms with van der Waals surface area (Å²) in [7, 11) is 0. The molecule has 96 valence electrons. The molecule has 5 nitrogen and oxygen atoms in total. The minimum absolute atomic E-state index is 0.0157. The molecule has 0 aliphatic carbocycles. The van der Waals surface area contributed by atoms with E-state index in [-0.39, 0.29) is 6.10 Å². The molecule has 5 heteroatoms. The summed E-state index contributed by atoms with van der Waals surface area (Å²) >= 11 is 0. The van der Waals surface area contributed by atoms with Gasteiger partial charge < -0.3 is 14.8 Å². The van der Waals surface area contributed by atoms with Crippen molar-refractivity contribution in [2.45, 2.75) is 33.8 Å². The van der Waals surface area contributed by atoms with Crippen LogP contribution in [0.4, 0.5) is 5.82 Å². The summed E-state index contributed by atoms with van der Waals surface area (Å²) in [5.41, 5.74) is 0.928. The van der Waals surface area contributed by atoms with Crippen molar-refractivity contribution in [1.82, 2.24) is 9.97 Å². The lowest BCUT2D eigenvalue weighted by atomic mass is 10.3. The number of hydrogen-bond acceptors (Lipinski definition) is 5. The standard InChI is InChI=1S/C12H21N3O2/c1-5-13-11-10(4)12(15-8-14-11)17-9(3)7-16-6-2/h8-9H,5-7H2,1-4H3,(H,13,14,15). The summed E-state index contributed by atoms with van der Waals surface area (Å²) in [6.45, 7) is 9.98. The van der Waals surface area contributed by atoms with Crippen molar-refractivity contribution < 1.29 is 9.47 Å². The first-order chi connectivity index (χ1) is 8.19. The zero-order valence-corrected chi connectivity index (χ0v) is 11.0. The smallest absolute Gasteiger partial charge is 0.221 e. The monoisotopic (exact) mass is 239 g/mol. The zero-order valence-electron chi connectivity index (χ0n) is 11.0. The molecule has 0 aliphatic heterocycles. The summed E-state index contributed by atoms with van der Waals surface area (Å²) in [6, 6.07) is 0. The van der Waals surface area contributed by atoms with E-state index in [4.69, 9.17) is 9.47 Å². The van der Waals surface area contributed by atoms with Crippen molar-refractivity contribution in [1.29, 1.82) is 0 Å². The molecule has 1 unspecified atom stereocenters. The van der Waals surface area contributed by atoms with Crippen molar-refractivity contribution in [3.8, 4) is 5.88 Å². The summed E-state index contributed by atoms with van der Waals surface area (Å²) in [4.78, 5) is 8.30. The molecule has 0 aromatic carbocycles. The molecular weight excluding hydrogens is 218 g/mol. The van der Waals surface area contributed by atoms with Crippen LogP contribution in [0.5, 0.6) is 5.88 Å². The van der Waals surface area contributed by atoms with Crippen molar-refractivity contribution in [3.63, 3.8) is 0 Å². The highest BCUT2D eigenvalue weighted by molar-refractivity contribution is 5.47. The van der Waals surface area contributed by atoms with Crippen molar-refractivity contribution in [3.05, 3.63) is 11.9 Å². The van der Waals surface area contributed by atoms with E-state index in [0.29, 0.717) is 19.1 Å². The van der Waals surface area contributed by atoms with Gasteiger partial charge in [0.1, 0.15) is 18.2 Å². The minimum Gasteiger partial charge on any atom is -0.472 e. The molecule has 1 aromatic heterocycles. The number of ether oxygens (including phenoxy) is 2. The third-order valence-electron chi connectivity index (χ3n) is 2.25. The fraction of sp³-hybridized carbons (Fsp3) is 0.667. The van der Waals surface area contributed by atoms with Crippen LogP contribution < -0.4 is 10.1 Å². The highest BCUT2D eigenvalue weighted by Crippen LogP contribution is 2.21. The Balaban J connectivity index is 2.67. The van der Waals surface area contributed by atoms with Crippen LogP contribution in [0.25, 0.3) is 0 Å². The number of rotatable bonds is 7. The van der Waals surface area contributed by atoms with Gasteiger partial charge in [-0.15, -0.1) is 0 Å². The van der Waals surface area contributed by atoms with Crippen LogP contribution in [0.2, 0.25) is 0 Å². The molecule has 1 heterocycles. The maximum atomic E-state index is 5.72. The van der Waals surface area contributed by atoms with Gasteiger partial charge >= 0.3 is 0 Å². The van der Waals surface area contributed by atoms with E-state index in [1.165, 1.54) is 6.33 Å². The quantitative estimate of drug-likeness (QED) is 0.789. The van der Waals surface area contributed by atoms with E-state index in [0.717, 1.165) is 17.9 Å². The normalized spacial score (nSPS) is 12.2. The summed E-state index contributed by atoms with van der Waals surface area (Å²) in [5, 5.41) is 3.17. The Morgan fingerprint density at radius 1 is 1.35 bits per heavy atom. The van der Waals surface area contributed by atoms with E-state index in [1.807, 2.05) is 27.7 Å². The molecule has 0 bridgehead atoms. The Hall–Kier alpha value is -1.36. The van der Waals surface area contributed by atoms with E-state index >= 15 is 0 Å². The summed E-state index contributed by atoms with van der Waals surface area (Å²) in [5.74, 6) is 1.43. The average Bonchev–Trinajstić information content (AvgIpc) is 2.32. The number of nitrogens with one attached hydrogen (secondary N) is 1. The first-order valence-electron chi connectivity index (χ1n) is 5.98. The van der Waals surface area contributed by atoms with Gasteiger partial charge in [0.2, 0.25) is 5.88 Å². The van der Waals surface area contributed by atoms with Gasteiger partial charge in [-0.1, -0.05) is 0 Å². The molecule has 1 atom stereocenters. The highest BCUT2D eigenvalue weighted by Gasteiger charge is 2.11. The molecule has 0 fully saturated rings. The van der Waals surface area contributed by atoms with E-state index in [9.17, 15) is 0 Å². The van der Waals surface area contributed by atoms with Gasteiger partial charge in [-0.05, 0) is 27.7 Å². The lowest BCUT2D eigenvalue weighted by Gasteiger charge is -2.16. The van der Waals surface area contributed by atoms with E-state index < -0.39 is 0 Å². The fourth-order valence-electron chi connectivity index (χ4n) is 1.41. The van der Waals surface area contributed by atoms with Crippen LogP contribution in [0.15, 0.2) is 6.33 Å². The second-order valence-corrected chi connectivity index (χ2v) is 3.77. The highest BCUT2D eigenvalue weighted by atomic mass is 16.5. The number of nitrogens with zero attached hydrogens (tertiary/aromatic N) is 2. The third kappa shape index (κ3) is 4.19. The van der Waals surface area contributed by atoms with Gasteiger partial charge in [0.25, 0.3) is 0 Å². The second kappa shape index (κ2) is 7.06. The predicted octanol–water partition coefficient (Wildman–Crippen LogP) is 2.02. The van der Waals surface area contributed by atoms with E-state index in [1.54, 1.807) is 0 Å². The van der Waals surface area contributed by atoms with Gasteiger partial charge in [-0.3, -0.25) is 0 Å². The zero-order chi connectivity index (χ0) is 12.7. The van der Waals surface area contributed by atoms with Crippen LogP contribution in [0.1, 0.15) is 26.3 Å². The molecule has 0 radical (unpaired) electrons. The van der Waals surface area contributed by atoms with Crippen molar-refractivity contribution >= 4 is 5.82 Å². The topological polar surface area (TPSA) is 56.3 Å². The Morgan fingerprint density at radius 2 is 2.12 bits per heavy atom. The maximum absolute atomic E-state index is 5.72. The third-order valence-corrected chi connectivity index (χ3v) is 2.25. The Bertz CT molecular complexity index is 345. The molecule has 0 aliphatic rings. The molecule has 1 rings (SSSR count). The van der Waals surface area contributed by atoms with Crippen molar-refractivity contribution in [2.75, 3.05) is 25.1 Å². The average molecular weight is 239 g/mol. The van der Waals surface area contributed by atoms with Crippen LogP contribution in [0, 0.1) is 6.92 Å². The van der Waals surface area contributed by atoms with Crippen LogP contribution in [-0.2, 0) is 4.74 Å². The Labute approximate surface area is 103 Å². The first-order valence-corrected chi connectivity index (χ1v) is 5.98. The molecular formula is C12H21N3O2. The lowest BCUT2D eigenvalue weighted by Crippen LogP contribution is -2.20.